The molecule has 2 heterocycles. The van der Waals surface area contributed by atoms with E-state index in [0.29, 0.717) is 19.6 Å². The Morgan fingerprint density at radius 3 is 3.17 bits per heavy atom. The van der Waals surface area contributed by atoms with E-state index in [-0.39, 0.29) is 24.7 Å². The van der Waals surface area contributed by atoms with Gasteiger partial charge in [0.15, 0.2) is 0 Å². The fourth-order valence-corrected chi connectivity index (χ4v) is 2.81. The predicted octanol–water partition coefficient (Wildman–Crippen LogP) is 1.29. The second-order valence-electron chi connectivity index (χ2n) is 4.61. The maximum Gasteiger partial charge on any atom is 0.223 e. The molecule has 1 aliphatic rings. The Labute approximate surface area is 111 Å². The first-order valence-electron chi connectivity index (χ1n) is 6.25. The molecule has 0 radical (unpaired) electrons. The highest BCUT2D eigenvalue weighted by Crippen LogP contribution is 2.16. The normalized spacial score (nSPS) is 24.2. The summed E-state index contributed by atoms with van der Waals surface area (Å²) in [7, 11) is 0. The first-order chi connectivity index (χ1) is 8.70. The molecule has 1 amide bonds. The number of morpholine rings is 1. The number of carbonyl (C=O) groups is 1. The lowest BCUT2D eigenvalue weighted by Crippen LogP contribution is -2.52. The van der Waals surface area contributed by atoms with Gasteiger partial charge >= 0.3 is 0 Å². The third-order valence-corrected chi connectivity index (χ3v) is 4.13. The number of rotatable bonds is 4. The van der Waals surface area contributed by atoms with Crippen LogP contribution >= 0.6 is 11.3 Å². The van der Waals surface area contributed by atoms with Crippen LogP contribution in [0.5, 0.6) is 0 Å². The van der Waals surface area contributed by atoms with Gasteiger partial charge in [0, 0.05) is 17.8 Å². The van der Waals surface area contributed by atoms with E-state index in [4.69, 9.17) is 9.84 Å². The maximum atomic E-state index is 12.2. The van der Waals surface area contributed by atoms with Crippen LogP contribution in [0, 0.1) is 0 Å². The third kappa shape index (κ3) is 3.31. The summed E-state index contributed by atoms with van der Waals surface area (Å²) in [4.78, 5) is 15.2. The minimum absolute atomic E-state index is 0.0264. The second kappa shape index (κ2) is 6.31. The standard InChI is InChI=1S/C13H19NO3S/c1-10-9-17-11(8-15)7-14(10)13(16)5-4-12-3-2-6-18-12/h2-3,6,10-11,15H,4-5,7-9H2,1H3. The lowest BCUT2D eigenvalue weighted by molar-refractivity contribution is -0.146. The number of hydrogen-bond donors (Lipinski definition) is 1. The molecule has 1 aromatic rings. The average Bonchev–Trinajstić information content (AvgIpc) is 2.89. The molecule has 2 unspecified atom stereocenters. The van der Waals surface area contributed by atoms with E-state index in [1.807, 2.05) is 23.3 Å². The lowest BCUT2D eigenvalue weighted by atomic mass is 10.1. The molecule has 18 heavy (non-hydrogen) atoms. The first-order valence-corrected chi connectivity index (χ1v) is 7.13. The Bertz CT molecular complexity index is 380. The van der Waals surface area contributed by atoms with Crippen LogP contribution < -0.4 is 0 Å². The zero-order chi connectivity index (χ0) is 13.0. The van der Waals surface area contributed by atoms with Crippen LogP contribution in [0.25, 0.3) is 0 Å². The van der Waals surface area contributed by atoms with Crippen LogP contribution in [0.4, 0.5) is 0 Å². The van der Waals surface area contributed by atoms with Gasteiger partial charge in [-0.05, 0) is 24.8 Å². The summed E-state index contributed by atoms with van der Waals surface area (Å²) in [5.74, 6) is 0.151. The van der Waals surface area contributed by atoms with Crippen molar-refractivity contribution in [2.45, 2.75) is 31.9 Å². The fraction of sp³-hybridized carbons (Fsp3) is 0.615. The summed E-state index contributed by atoms with van der Waals surface area (Å²) < 4.78 is 5.43. The minimum Gasteiger partial charge on any atom is -0.394 e. The van der Waals surface area contributed by atoms with Gasteiger partial charge in [0.05, 0.1) is 25.4 Å². The van der Waals surface area contributed by atoms with Gasteiger partial charge in [-0.15, -0.1) is 11.3 Å². The molecule has 1 fully saturated rings. The zero-order valence-corrected chi connectivity index (χ0v) is 11.4. The number of aliphatic hydroxyl groups excluding tert-OH is 1. The Balaban J connectivity index is 1.86. The molecule has 0 saturated carbocycles. The van der Waals surface area contributed by atoms with Crippen molar-refractivity contribution < 1.29 is 14.6 Å². The van der Waals surface area contributed by atoms with Gasteiger partial charge in [0.25, 0.3) is 0 Å². The number of aliphatic hydroxyl groups is 1. The molecule has 0 aliphatic carbocycles. The Morgan fingerprint density at radius 1 is 1.67 bits per heavy atom. The van der Waals surface area contributed by atoms with E-state index in [0.717, 1.165) is 6.42 Å². The molecular weight excluding hydrogens is 250 g/mol. The van der Waals surface area contributed by atoms with Crippen LogP contribution in [-0.2, 0) is 16.0 Å². The van der Waals surface area contributed by atoms with Gasteiger partial charge in [-0.2, -0.15) is 0 Å². The highest BCUT2D eigenvalue weighted by Gasteiger charge is 2.28. The number of hydrogen-bond acceptors (Lipinski definition) is 4. The van der Waals surface area contributed by atoms with Gasteiger partial charge in [0.2, 0.25) is 5.91 Å². The smallest absolute Gasteiger partial charge is 0.223 e. The van der Waals surface area contributed by atoms with Crippen molar-refractivity contribution >= 4 is 17.2 Å². The predicted molar refractivity (Wildman–Crippen MR) is 70.6 cm³/mol. The molecule has 0 bridgehead atoms. The van der Waals surface area contributed by atoms with Gasteiger partial charge in [-0.1, -0.05) is 6.07 Å². The van der Waals surface area contributed by atoms with Crippen molar-refractivity contribution in [1.29, 1.82) is 0 Å². The van der Waals surface area contributed by atoms with Gasteiger partial charge < -0.3 is 14.7 Å². The number of carbonyl (C=O) groups excluding carboxylic acids is 1. The summed E-state index contributed by atoms with van der Waals surface area (Å²) in [5.41, 5.74) is 0. The van der Waals surface area contributed by atoms with E-state index in [1.54, 1.807) is 11.3 Å². The first kappa shape index (κ1) is 13.5. The number of amides is 1. The van der Waals surface area contributed by atoms with Crippen LogP contribution in [0.3, 0.4) is 0 Å². The summed E-state index contributed by atoms with van der Waals surface area (Å²) in [5, 5.41) is 11.1. The van der Waals surface area contributed by atoms with Gasteiger partial charge in [-0.3, -0.25) is 4.79 Å². The van der Waals surface area contributed by atoms with Crippen molar-refractivity contribution in [1.82, 2.24) is 4.90 Å². The van der Waals surface area contributed by atoms with Crippen molar-refractivity contribution in [3.05, 3.63) is 22.4 Å². The van der Waals surface area contributed by atoms with Crippen molar-refractivity contribution in [3.63, 3.8) is 0 Å². The quantitative estimate of drug-likeness (QED) is 0.896. The molecule has 1 saturated heterocycles. The van der Waals surface area contributed by atoms with E-state index < -0.39 is 0 Å². The summed E-state index contributed by atoms with van der Waals surface area (Å²) in [6.45, 7) is 2.97. The number of aryl methyl sites for hydroxylation is 1. The molecule has 1 N–H and O–H groups in total. The highest BCUT2D eigenvalue weighted by atomic mass is 32.1. The molecule has 1 aliphatic heterocycles. The largest absolute Gasteiger partial charge is 0.394 e. The fourth-order valence-electron chi connectivity index (χ4n) is 2.10. The Hall–Kier alpha value is -0.910. The summed E-state index contributed by atoms with van der Waals surface area (Å²) >= 11 is 1.68. The Kier molecular flexibility index (Phi) is 4.74. The molecule has 2 rings (SSSR count). The maximum absolute atomic E-state index is 12.2. The number of ether oxygens (including phenoxy) is 1. The zero-order valence-electron chi connectivity index (χ0n) is 10.5. The van der Waals surface area contributed by atoms with Crippen LogP contribution in [0.2, 0.25) is 0 Å². The molecule has 100 valence electrons. The van der Waals surface area contributed by atoms with Crippen molar-refractivity contribution in [2.75, 3.05) is 19.8 Å². The van der Waals surface area contributed by atoms with E-state index >= 15 is 0 Å². The number of nitrogens with zero attached hydrogens (tertiary/aromatic N) is 1. The molecular formula is C13H19NO3S. The monoisotopic (exact) mass is 269 g/mol. The lowest BCUT2D eigenvalue weighted by Gasteiger charge is -2.37. The molecule has 2 atom stereocenters. The van der Waals surface area contributed by atoms with E-state index in [1.165, 1.54) is 4.88 Å². The summed E-state index contributed by atoms with van der Waals surface area (Å²) in [6, 6.07) is 4.16. The molecule has 1 aromatic heterocycles. The molecule has 4 nitrogen and oxygen atoms in total. The van der Waals surface area contributed by atoms with Crippen LogP contribution in [-0.4, -0.2) is 47.8 Å². The molecule has 0 aromatic carbocycles. The second-order valence-corrected chi connectivity index (χ2v) is 5.64. The topological polar surface area (TPSA) is 49.8 Å². The average molecular weight is 269 g/mol. The third-order valence-electron chi connectivity index (χ3n) is 3.19. The minimum atomic E-state index is -0.230. The van der Waals surface area contributed by atoms with Crippen LogP contribution in [0.15, 0.2) is 17.5 Å². The van der Waals surface area contributed by atoms with E-state index in [2.05, 4.69) is 6.07 Å². The van der Waals surface area contributed by atoms with Crippen LogP contribution in [0.1, 0.15) is 18.2 Å². The van der Waals surface area contributed by atoms with E-state index in [9.17, 15) is 4.79 Å². The molecule has 5 heteroatoms. The SMILES string of the molecule is CC1COC(CO)CN1C(=O)CCc1cccs1. The van der Waals surface area contributed by atoms with Gasteiger partial charge in [0.1, 0.15) is 0 Å². The van der Waals surface area contributed by atoms with Gasteiger partial charge in [-0.25, -0.2) is 0 Å². The van der Waals surface area contributed by atoms with Crippen molar-refractivity contribution in [2.24, 2.45) is 0 Å². The highest BCUT2D eigenvalue weighted by molar-refractivity contribution is 7.09. The molecule has 0 spiro atoms. The summed E-state index contributed by atoms with van der Waals surface area (Å²) in [6.07, 6.45) is 1.10. The Morgan fingerprint density at radius 2 is 2.50 bits per heavy atom. The number of thiophene rings is 1. The van der Waals surface area contributed by atoms with Crippen molar-refractivity contribution in [3.8, 4) is 0 Å².